The van der Waals surface area contributed by atoms with Gasteiger partial charge in [0.2, 0.25) is 0 Å². The molecule has 2 aliphatic rings. The lowest BCUT2D eigenvalue weighted by Crippen LogP contribution is -2.50. The van der Waals surface area contributed by atoms with Crippen molar-refractivity contribution >= 4 is 11.9 Å². The van der Waals surface area contributed by atoms with Gasteiger partial charge in [0.1, 0.15) is 5.54 Å². The number of rotatable bonds is 1. The number of hydrogen-bond donors (Lipinski definition) is 0. The van der Waals surface area contributed by atoms with E-state index in [-0.39, 0.29) is 11.9 Å². The zero-order chi connectivity index (χ0) is 12.1. The predicted molar refractivity (Wildman–Crippen MR) is 60.0 cm³/mol. The van der Waals surface area contributed by atoms with Gasteiger partial charge in [-0.2, -0.15) is 0 Å². The number of hydrogen-bond acceptors (Lipinski definition) is 3. The standard InChI is InChI=1S/C11H19N3O2/c1-8(2)14-6-5-11(7-14)9(15)12(3)10(16)13(11)4/h8H,5-7H2,1-4H3. The van der Waals surface area contributed by atoms with Gasteiger partial charge in [-0.1, -0.05) is 0 Å². The van der Waals surface area contributed by atoms with Crippen LogP contribution in [0.2, 0.25) is 0 Å². The number of amides is 3. The Hall–Kier alpha value is -1.10. The number of imide groups is 1. The minimum Gasteiger partial charge on any atom is -0.311 e. The summed E-state index contributed by atoms with van der Waals surface area (Å²) < 4.78 is 0. The number of carbonyl (C=O) groups excluding carboxylic acids is 2. The van der Waals surface area contributed by atoms with E-state index in [1.165, 1.54) is 4.90 Å². The lowest BCUT2D eigenvalue weighted by atomic mass is 9.97. The first-order valence-corrected chi connectivity index (χ1v) is 5.70. The van der Waals surface area contributed by atoms with Gasteiger partial charge in [0.15, 0.2) is 0 Å². The topological polar surface area (TPSA) is 43.9 Å². The van der Waals surface area contributed by atoms with Crippen molar-refractivity contribution in [1.82, 2.24) is 14.7 Å². The highest BCUT2D eigenvalue weighted by atomic mass is 16.2. The van der Waals surface area contributed by atoms with E-state index < -0.39 is 5.54 Å². The molecular formula is C11H19N3O2. The first-order valence-electron chi connectivity index (χ1n) is 5.70. The Morgan fingerprint density at radius 1 is 1.25 bits per heavy atom. The van der Waals surface area contributed by atoms with Crippen molar-refractivity contribution in [3.05, 3.63) is 0 Å². The Kier molecular flexibility index (Phi) is 2.45. The van der Waals surface area contributed by atoms with Crippen LogP contribution in [0.25, 0.3) is 0 Å². The van der Waals surface area contributed by atoms with Crippen LogP contribution >= 0.6 is 0 Å². The van der Waals surface area contributed by atoms with Crippen LogP contribution in [0.15, 0.2) is 0 Å². The Morgan fingerprint density at radius 3 is 2.25 bits per heavy atom. The van der Waals surface area contributed by atoms with Crippen LogP contribution in [0.1, 0.15) is 20.3 Å². The van der Waals surface area contributed by atoms with Crippen LogP contribution < -0.4 is 0 Å². The van der Waals surface area contributed by atoms with Gasteiger partial charge in [-0.15, -0.1) is 0 Å². The maximum Gasteiger partial charge on any atom is 0.327 e. The van der Waals surface area contributed by atoms with Crippen molar-refractivity contribution in [2.45, 2.75) is 31.8 Å². The summed E-state index contributed by atoms with van der Waals surface area (Å²) in [6.07, 6.45) is 0.747. The fraction of sp³-hybridized carbons (Fsp3) is 0.818. The molecule has 2 fully saturated rings. The number of likely N-dealkylation sites (N-methyl/N-ethyl adjacent to an activating group) is 2. The predicted octanol–water partition coefficient (Wildman–Crippen LogP) is 0.363. The summed E-state index contributed by atoms with van der Waals surface area (Å²) >= 11 is 0. The maximum atomic E-state index is 12.2. The average molecular weight is 225 g/mol. The van der Waals surface area contributed by atoms with Crippen molar-refractivity contribution in [2.24, 2.45) is 0 Å². The molecule has 0 N–H and O–H groups in total. The van der Waals surface area contributed by atoms with Gasteiger partial charge in [-0.05, 0) is 20.3 Å². The van der Waals surface area contributed by atoms with Gasteiger partial charge in [0.05, 0.1) is 0 Å². The smallest absolute Gasteiger partial charge is 0.311 e. The van der Waals surface area contributed by atoms with E-state index in [1.54, 1.807) is 19.0 Å². The van der Waals surface area contributed by atoms with E-state index in [1.807, 2.05) is 0 Å². The van der Waals surface area contributed by atoms with Crippen LogP contribution in [0.5, 0.6) is 0 Å². The van der Waals surface area contributed by atoms with Crippen LogP contribution in [0, 0.1) is 0 Å². The summed E-state index contributed by atoms with van der Waals surface area (Å²) in [5.74, 6) is -0.0526. The van der Waals surface area contributed by atoms with Gasteiger partial charge in [-0.25, -0.2) is 4.79 Å². The quantitative estimate of drug-likeness (QED) is 0.605. The third kappa shape index (κ3) is 1.27. The molecule has 90 valence electrons. The van der Waals surface area contributed by atoms with Crippen molar-refractivity contribution < 1.29 is 9.59 Å². The summed E-state index contributed by atoms with van der Waals surface area (Å²) in [6.45, 7) is 5.78. The summed E-state index contributed by atoms with van der Waals surface area (Å²) in [6, 6.07) is 0.234. The van der Waals surface area contributed by atoms with Crippen LogP contribution in [-0.4, -0.2) is 65.4 Å². The number of carbonyl (C=O) groups is 2. The zero-order valence-corrected chi connectivity index (χ0v) is 10.4. The summed E-state index contributed by atoms with van der Waals surface area (Å²) in [5, 5.41) is 0. The molecule has 2 rings (SSSR count). The fourth-order valence-corrected chi connectivity index (χ4v) is 2.66. The SMILES string of the molecule is CC(C)N1CCC2(C1)C(=O)N(C)C(=O)N2C. The molecule has 0 aromatic heterocycles. The van der Waals surface area contributed by atoms with Crippen molar-refractivity contribution in [3.8, 4) is 0 Å². The molecule has 2 aliphatic heterocycles. The normalized spacial score (nSPS) is 31.6. The largest absolute Gasteiger partial charge is 0.327 e. The molecule has 5 heteroatoms. The molecule has 0 aromatic rings. The second-order valence-corrected chi connectivity index (χ2v) is 5.05. The fourth-order valence-electron chi connectivity index (χ4n) is 2.66. The molecule has 5 nitrogen and oxygen atoms in total. The Balaban J connectivity index is 2.27. The van der Waals surface area contributed by atoms with E-state index in [0.29, 0.717) is 12.6 Å². The van der Waals surface area contributed by atoms with Gasteiger partial charge in [-0.3, -0.25) is 14.6 Å². The number of nitrogens with zero attached hydrogens (tertiary/aromatic N) is 3. The second kappa shape index (κ2) is 3.45. The molecule has 1 unspecified atom stereocenters. The third-order valence-electron chi connectivity index (χ3n) is 3.93. The molecule has 0 aliphatic carbocycles. The molecule has 1 spiro atoms. The monoisotopic (exact) mass is 225 g/mol. The zero-order valence-electron chi connectivity index (χ0n) is 10.4. The molecule has 3 amide bonds. The van der Waals surface area contributed by atoms with E-state index in [4.69, 9.17) is 0 Å². The molecule has 2 saturated heterocycles. The van der Waals surface area contributed by atoms with E-state index in [0.717, 1.165) is 13.0 Å². The van der Waals surface area contributed by atoms with Gasteiger partial charge in [0.25, 0.3) is 5.91 Å². The highest BCUT2D eigenvalue weighted by Gasteiger charge is 2.57. The lowest BCUT2D eigenvalue weighted by molar-refractivity contribution is -0.131. The molecule has 0 aromatic carbocycles. The third-order valence-corrected chi connectivity index (χ3v) is 3.93. The first-order chi connectivity index (χ1) is 7.40. The first kappa shape index (κ1) is 11.4. The lowest BCUT2D eigenvalue weighted by Gasteiger charge is -2.29. The minimum absolute atomic E-state index is 0.0526. The van der Waals surface area contributed by atoms with Crippen LogP contribution in [0.3, 0.4) is 0 Å². The van der Waals surface area contributed by atoms with Crippen molar-refractivity contribution in [2.75, 3.05) is 27.2 Å². The van der Waals surface area contributed by atoms with E-state index >= 15 is 0 Å². The molecule has 0 radical (unpaired) electrons. The molecule has 2 heterocycles. The van der Waals surface area contributed by atoms with Gasteiger partial charge in [0, 0.05) is 33.2 Å². The Labute approximate surface area is 96.0 Å². The van der Waals surface area contributed by atoms with Gasteiger partial charge < -0.3 is 4.90 Å². The van der Waals surface area contributed by atoms with Crippen LogP contribution in [0.4, 0.5) is 4.79 Å². The summed E-state index contributed by atoms with van der Waals surface area (Å²) in [4.78, 5) is 29.0. The van der Waals surface area contributed by atoms with Gasteiger partial charge >= 0.3 is 6.03 Å². The minimum atomic E-state index is -0.601. The van der Waals surface area contributed by atoms with Crippen molar-refractivity contribution in [3.63, 3.8) is 0 Å². The van der Waals surface area contributed by atoms with E-state index in [2.05, 4.69) is 18.7 Å². The van der Waals surface area contributed by atoms with Crippen molar-refractivity contribution in [1.29, 1.82) is 0 Å². The number of urea groups is 1. The van der Waals surface area contributed by atoms with Crippen LogP contribution in [-0.2, 0) is 4.79 Å². The molecule has 1 atom stereocenters. The average Bonchev–Trinajstić information content (AvgIpc) is 2.75. The number of likely N-dealkylation sites (tertiary alicyclic amines) is 1. The highest BCUT2D eigenvalue weighted by molar-refractivity contribution is 6.07. The molecule has 0 bridgehead atoms. The molecule has 0 saturated carbocycles. The Morgan fingerprint density at radius 2 is 1.88 bits per heavy atom. The maximum absolute atomic E-state index is 12.2. The van der Waals surface area contributed by atoms with E-state index in [9.17, 15) is 9.59 Å². The highest BCUT2D eigenvalue weighted by Crippen LogP contribution is 2.35. The second-order valence-electron chi connectivity index (χ2n) is 5.05. The summed E-state index contributed by atoms with van der Waals surface area (Å²) in [7, 11) is 3.29. The molecular weight excluding hydrogens is 206 g/mol. The summed E-state index contributed by atoms with van der Waals surface area (Å²) in [5.41, 5.74) is -0.601. The Bertz CT molecular complexity index is 342. The molecule has 16 heavy (non-hydrogen) atoms.